The van der Waals surface area contributed by atoms with E-state index in [1.165, 1.54) is 0 Å². The van der Waals surface area contributed by atoms with Gasteiger partial charge in [-0.25, -0.2) is 0 Å². The smallest absolute Gasteiger partial charge is 0.277 e. The predicted molar refractivity (Wildman–Crippen MR) is 89.0 cm³/mol. The minimum atomic E-state index is -0.334. The number of benzene rings is 2. The first-order valence-corrected chi connectivity index (χ1v) is 7.58. The van der Waals surface area contributed by atoms with Gasteiger partial charge in [-0.1, -0.05) is 44.8 Å². The van der Waals surface area contributed by atoms with Crippen LogP contribution in [-0.2, 0) is 0 Å². The van der Waals surface area contributed by atoms with Gasteiger partial charge in [-0.05, 0) is 36.4 Å². The van der Waals surface area contributed by atoms with Crippen LogP contribution in [0, 0.1) is 0 Å². The highest BCUT2D eigenvalue weighted by atomic mass is 79.9. The van der Waals surface area contributed by atoms with Crippen LogP contribution >= 0.6 is 27.5 Å². The first-order chi connectivity index (χ1) is 10.6. The Bertz CT molecular complexity index is 815. The van der Waals surface area contributed by atoms with Crippen molar-refractivity contribution in [1.82, 2.24) is 5.16 Å². The highest BCUT2D eigenvalue weighted by Crippen LogP contribution is 2.24. The minimum Gasteiger partial charge on any atom is -0.355 e. The summed E-state index contributed by atoms with van der Waals surface area (Å²) in [6.45, 7) is 0. The van der Waals surface area contributed by atoms with Crippen LogP contribution in [0.4, 0.5) is 5.69 Å². The third-order valence-electron chi connectivity index (χ3n) is 2.95. The van der Waals surface area contributed by atoms with E-state index >= 15 is 0 Å². The second kappa shape index (κ2) is 6.34. The van der Waals surface area contributed by atoms with Crippen molar-refractivity contribution in [3.63, 3.8) is 0 Å². The maximum absolute atomic E-state index is 12.1. The van der Waals surface area contributed by atoms with E-state index in [9.17, 15) is 4.79 Å². The molecule has 3 aromatic rings. The van der Waals surface area contributed by atoms with E-state index < -0.39 is 0 Å². The largest absolute Gasteiger partial charge is 0.355 e. The van der Waals surface area contributed by atoms with E-state index in [1.54, 1.807) is 30.3 Å². The SMILES string of the molecule is O=C(Nc1ccc(Br)cc1)c1cc(-c2cccc(Cl)c2)on1. The number of anilines is 1. The van der Waals surface area contributed by atoms with Crippen molar-refractivity contribution in [2.75, 3.05) is 5.32 Å². The zero-order valence-electron chi connectivity index (χ0n) is 11.2. The summed E-state index contributed by atoms with van der Waals surface area (Å²) < 4.78 is 6.15. The summed E-state index contributed by atoms with van der Waals surface area (Å²) in [5.41, 5.74) is 1.65. The molecule has 0 fully saturated rings. The molecule has 3 rings (SSSR count). The molecule has 0 aliphatic heterocycles. The number of carbonyl (C=O) groups is 1. The second-order valence-corrected chi connectivity index (χ2v) is 5.90. The molecule has 110 valence electrons. The van der Waals surface area contributed by atoms with E-state index in [-0.39, 0.29) is 11.6 Å². The first kappa shape index (κ1) is 14.8. The molecule has 0 aliphatic rings. The average Bonchev–Trinajstić information content (AvgIpc) is 3.00. The molecule has 0 saturated carbocycles. The van der Waals surface area contributed by atoms with Crippen LogP contribution in [0.2, 0.25) is 5.02 Å². The Balaban J connectivity index is 1.78. The molecular weight excluding hydrogens is 368 g/mol. The van der Waals surface area contributed by atoms with Crippen molar-refractivity contribution in [2.45, 2.75) is 0 Å². The molecule has 0 saturated heterocycles. The number of aromatic nitrogens is 1. The maximum Gasteiger partial charge on any atom is 0.277 e. The Morgan fingerprint density at radius 3 is 2.64 bits per heavy atom. The van der Waals surface area contributed by atoms with Gasteiger partial charge in [-0.15, -0.1) is 0 Å². The molecule has 0 aliphatic carbocycles. The van der Waals surface area contributed by atoms with Crippen LogP contribution < -0.4 is 5.32 Å². The lowest BCUT2D eigenvalue weighted by Gasteiger charge is -2.02. The van der Waals surface area contributed by atoms with Crippen molar-refractivity contribution in [2.24, 2.45) is 0 Å². The summed E-state index contributed by atoms with van der Waals surface area (Å²) in [6.07, 6.45) is 0. The highest BCUT2D eigenvalue weighted by Gasteiger charge is 2.14. The van der Waals surface area contributed by atoms with E-state index in [0.717, 1.165) is 10.0 Å². The Morgan fingerprint density at radius 2 is 1.91 bits per heavy atom. The van der Waals surface area contributed by atoms with Crippen LogP contribution in [0.15, 0.2) is 63.6 Å². The minimum absolute atomic E-state index is 0.206. The molecule has 6 heteroatoms. The molecule has 1 amide bonds. The highest BCUT2D eigenvalue weighted by molar-refractivity contribution is 9.10. The molecular formula is C16H10BrClN2O2. The van der Waals surface area contributed by atoms with E-state index in [0.29, 0.717) is 16.5 Å². The number of rotatable bonds is 3. The molecule has 1 heterocycles. The second-order valence-electron chi connectivity index (χ2n) is 4.55. The average molecular weight is 378 g/mol. The van der Waals surface area contributed by atoms with Gasteiger partial charge in [-0.3, -0.25) is 4.79 Å². The fraction of sp³-hybridized carbons (Fsp3) is 0. The number of hydrogen-bond donors (Lipinski definition) is 1. The van der Waals surface area contributed by atoms with Gasteiger partial charge in [0.05, 0.1) is 0 Å². The zero-order valence-corrected chi connectivity index (χ0v) is 13.6. The number of hydrogen-bond acceptors (Lipinski definition) is 3. The lowest BCUT2D eigenvalue weighted by molar-refractivity contribution is 0.101. The van der Waals surface area contributed by atoms with Gasteiger partial charge in [0, 0.05) is 26.8 Å². The van der Waals surface area contributed by atoms with Gasteiger partial charge in [0.15, 0.2) is 11.5 Å². The molecule has 4 nitrogen and oxygen atoms in total. The van der Waals surface area contributed by atoms with E-state index in [1.807, 2.05) is 24.3 Å². The molecule has 1 aromatic heterocycles. The van der Waals surface area contributed by atoms with E-state index in [2.05, 4.69) is 26.4 Å². The predicted octanol–water partition coefficient (Wildman–Crippen LogP) is 5.01. The summed E-state index contributed by atoms with van der Waals surface area (Å²) in [6, 6.07) is 16.0. The molecule has 2 aromatic carbocycles. The Kier molecular flexibility index (Phi) is 4.27. The van der Waals surface area contributed by atoms with Crippen molar-refractivity contribution in [3.8, 4) is 11.3 Å². The molecule has 0 spiro atoms. The van der Waals surface area contributed by atoms with Crippen LogP contribution in [0.25, 0.3) is 11.3 Å². The van der Waals surface area contributed by atoms with Gasteiger partial charge in [0.25, 0.3) is 5.91 Å². The monoisotopic (exact) mass is 376 g/mol. The van der Waals surface area contributed by atoms with Crippen molar-refractivity contribution < 1.29 is 9.32 Å². The van der Waals surface area contributed by atoms with Gasteiger partial charge >= 0.3 is 0 Å². The molecule has 0 atom stereocenters. The summed E-state index contributed by atoms with van der Waals surface area (Å²) in [4.78, 5) is 12.1. The Hall–Kier alpha value is -2.11. The molecule has 0 unspecified atom stereocenters. The molecule has 22 heavy (non-hydrogen) atoms. The van der Waals surface area contributed by atoms with Crippen LogP contribution in [-0.4, -0.2) is 11.1 Å². The van der Waals surface area contributed by atoms with Crippen LogP contribution in [0.5, 0.6) is 0 Å². The molecule has 1 N–H and O–H groups in total. The summed E-state index contributed by atoms with van der Waals surface area (Å²) in [5, 5.41) is 7.14. The summed E-state index contributed by atoms with van der Waals surface area (Å²) >= 11 is 9.28. The summed E-state index contributed by atoms with van der Waals surface area (Å²) in [7, 11) is 0. The van der Waals surface area contributed by atoms with Gasteiger partial charge in [0.2, 0.25) is 0 Å². The number of amides is 1. The normalized spacial score (nSPS) is 10.5. The van der Waals surface area contributed by atoms with Crippen LogP contribution in [0.1, 0.15) is 10.5 Å². The number of nitrogens with zero attached hydrogens (tertiary/aromatic N) is 1. The third kappa shape index (κ3) is 3.37. The topological polar surface area (TPSA) is 55.1 Å². The number of halogens is 2. The van der Waals surface area contributed by atoms with E-state index in [4.69, 9.17) is 16.1 Å². The fourth-order valence-corrected chi connectivity index (χ4v) is 2.34. The molecule has 0 radical (unpaired) electrons. The van der Waals surface area contributed by atoms with Gasteiger partial charge in [-0.2, -0.15) is 0 Å². The zero-order chi connectivity index (χ0) is 15.5. The lowest BCUT2D eigenvalue weighted by Crippen LogP contribution is -2.11. The first-order valence-electron chi connectivity index (χ1n) is 6.41. The molecule has 0 bridgehead atoms. The number of carbonyl (C=O) groups excluding carboxylic acids is 1. The third-order valence-corrected chi connectivity index (χ3v) is 3.72. The van der Waals surface area contributed by atoms with Gasteiger partial charge < -0.3 is 9.84 Å². The van der Waals surface area contributed by atoms with Crippen LogP contribution in [0.3, 0.4) is 0 Å². The maximum atomic E-state index is 12.1. The fourth-order valence-electron chi connectivity index (χ4n) is 1.89. The number of nitrogens with one attached hydrogen (secondary N) is 1. The Labute approximate surface area is 140 Å². The van der Waals surface area contributed by atoms with Gasteiger partial charge in [0.1, 0.15) is 0 Å². The van der Waals surface area contributed by atoms with Crippen molar-refractivity contribution in [1.29, 1.82) is 0 Å². The summed E-state index contributed by atoms with van der Waals surface area (Å²) in [5.74, 6) is 0.155. The quantitative estimate of drug-likeness (QED) is 0.698. The van der Waals surface area contributed by atoms with Crippen molar-refractivity contribution in [3.05, 3.63) is 69.8 Å². The standard InChI is InChI=1S/C16H10BrClN2O2/c17-11-4-6-13(7-5-11)19-16(21)14-9-15(22-20-14)10-2-1-3-12(18)8-10/h1-9H,(H,19,21). The lowest BCUT2D eigenvalue weighted by atomic mass is 10.1. The Morgan fingerprint density at radius 1 is 1.14 bits per heavy atom. The van der Waals surface area contributed by atoms with Crippen molar-refractivity contribution >= 4 is 39.1 Å².